The second kappa shape index (κ2) is 8.05. The van der Waals surface area contributed by atoms with E-state index < -0.39 is 19.3 Å². The van der Waals surface area contributed by atoms with E-state index in [0.29, 0.717) is 21.2 Å². The quantitative estimate of drug-likeness (QED) is 0.436. The summed E-state index contributed by atoms with van der Waals surface area (Å²) in [7, 11) is 0. The maximum Gasteiger partial charge on any atom is 0.335 e. The van der Waals surface area contributed by atoms with Crippen molar-refractivity contribution in [3.8, 4) is 5.69 Å². The summed E-state index contributed by atoms with van der Waals surface area (Å²) in [5.74, 6) is -0.998. The van der Waals surface area contributed by atoms with E-state index in [2.05, 4.69) is 4.98 Å². The molecule has 1 heterocycles. The normalized spacial score (nSPS) is 11.1. The highest BCUT2D eigenvalue weighted by atomic mass is 32.2. The Morgan fingerprint density at radius 3 is 2.45 bits per heavy atom. The maximum absolute atomic E-state index is 13.5. The van der Waals surface area contributed by atoms with Gasteiger partial charge in [0.2, 0.25) is 0 Å². The highest BCUT2D eigenvalue weighted by Gasteiger charge is 2.16. The molecular formula is C22H16F2N2O2S. The van der Waals surface area contributed by atoms with Gasteiger partial charge in [-0.05, 0) is 59.7 Å². The average molecular weight is 410 g/mol. The zero-order valence-electron chi connectivity index (χ0n) is 15.2. The first-order valence-corrected chi connectivity index (χ1v) is 9.65. The minimum atomic E-state index is -0.998. The van der Waals surface area contributed by atoms with Gasteiger partial charge in [-0.1, -0.05) is 30.0 Å². The summed E-state index contributed by atoms with van der Waals surface area (Å²) in [5, 5.41) is 9.75. The third kappa shape index (κ3) is 3.73. The lowest BCUT2D eigenvalue weighted by atomic mass is 10.1. The SMILES string of the molecule is O=C(O)c1ccc(-n2c(Sc3ccc(CF)cc3CF)nc3ccccc32)cc1. The van der Waals surface area contributed by atoms with Crippen molar-refractivity contribution in [3.63, 3.8) is 0 Å². The van der Waals surface area contributed by atoms with Crippen LogP contribution in [0.15, 0.2) is 76.8 Å². The number of nitrogens with zero attached hydrogens (tertiary/aromatic N) is 2. The van der Waals surface area contributed by atoms with Gasteiger partial charge in [0.1, 0.15) is 13.3 Å². The lowest BCUT2D eigenvalue weighted by Crippen LogP contribution is -2.00. The molecule has 3 aromatic carbocycles. The first-order valence-electron chi connectivity index (χ1n) is 8.83. The number of imidazole rings is 1. The first kappa shape index (κ1) is 19.1. The fourth-order valence-corrected chi connectivity index (χ4v) is 4.11. The van der Waals surface area contributed by atoms with E-state index in [1.165, 1.54) is 30.0 Å². The number of benzene rings is 3. The number of aromatic carboxylic acids is 1. The smallest absolute Gasteiger partial charge is 0.335 e. The first-order chi connectivity index (χ1) is 14.1. The van der Waals surface area contributed by atoms with Crippen molar-refractivity contribution in [2.45, 2.75) is 23.4 Å². The van der Waals surface area contributed by atoms with Gasteiger partial charge >= 0.3 is 5.97 Å². The molecule has 0 aliphatic carbocycles. The van der Waals surface area contributed by atoms with Crippen LogP contribution in [0.1, 0.15) is 21.5 Å². The number of fused-ring (bicyclic) bond motifs is 1. The minimum absolute atomic E-state index is 0.189. The summed E-state index contributed by atoms with van der Waals surface area (Å²) in [5.41, 5.74) is 3.38. The van der Waals surface area contributed by atoms with E-state index in [1.54, 1.807) is 24.3 Å². The molecule has 0 aliphatic heterocycles. The fourth-order valence-electron chi connectivity index (χ4n) is 3.09. The number of carboxylic acids is 1. The van der Waals surface area contributed by atoms with E-state index >= 15 is 0 Å². The number of alkyl halides is 2. The Bertz CT molecular complexity index is 1190. The second-order valence-electron chi connectivity index (χ2n) is 6.38. The summed E-state index contributed by atoms with van der Waals surface area (Å²) in [4.78, 5) is 16.5. The molecule has 1 aromatic heterocycles. The lowest BCUT2D eigenvalue weighted by molar-refractivity contribution is 0.0697. The molecule has 4 aromatic rings. The number of carbonyl (C=O) groups is 1. The monoisotopic (exact) mass is 410 g/mol. The number of halogens is 2. The molecule has 0 amide bonds. The topological polar surface area (TPSA) is 55.1 Å². The molecule has 0 saturated heterocycles. The van der Waals surface area contributed by atoms with Gasteiger partial charge in [-0.15, -0.1) is 0 Å². The average Bonchev–Trinajstić information content (AvgIpc) is 3.11. The number of aromatic nitrogens is 2. The fraction of sp³-hybridized carbons (Fsp3) is 0.0909. The number of rotatable bonds is 6. The van der Waals surface area contributed by atoms with Crippen LogP contribution in [0.3, 0.4) is 0 Å². The molecular weight excluding hydrogens is 394 g/mol. The van der Waals surface area contributed by atoms with E-state index in [-0.39, 0.29) is 5.56 Å². The van der Waals surface area contributed by atoms with Crippen molar-refractivity contribution in [2.24, 2.45) is 0 Å². The van der Waals surface area contributed by atoms with Crippen LogP contribution in [-0.4, -0.2) is 20.6 Å². The molecule has 0 saturated carbocycles. The molecule has 0 radical (unpaired) electrons. The van der Waals surface area contributed by atoms with Crippen molar-refractivity contribution < 1.29 is 18.7 Å². The van der Waals surface area contributed by atoms with Crippen LogP contribution < -0.4 is 0 Å². The van der Waals surface area contributed by atoms with Gasteiger partial charge in [-0.3, -0.25) is 4.57 Å². The van der Waals surface area contributed by atoms with E-state index in [4.69, 9.17) is 5.11 Å². The molecule has 0 atom stereocenters. The van der Waals surface area contributed by atoms with Crippen molar-refractivity contribution in [1.82, 2.24) is 9.55 Å². The summed E-state index contributed by atoms with van der Waals surface area (Å²) in [6.45, 7) is -1.35. The summed E-state index contributed by atoms with van der Waals surface area (Å²) in [6, 6.07) is 18.9. The summed E-state index contributed by atoms with van der Waals surface area (Å²) < 4.78 is 28.4. The Morgan fingerprint density at radius 2 is 1.76 bits per heavy atom. The zero-order valence-corrected chi connectivity index (χ0v) is 16.0. The van der Waals surface area contributed by atoms with Crippen molar-refractivity contribution in [3.05, 3.63) is 83.4 Å². The van der Waals surface area contributed by atoms with Crippen molar-refractivity contribution in [1.29, 1.82) is 0 Å². The third-order valence-electron chi connectivity index (χ3n) is 4.53. The van der Waals surface area contributed by atoms with Crippen LogP contribution in [-0.2, 0) is 13.3 Å². The maximum atomic E-state index is 13.5. The molecule has 0 unspecified atom stereocenters. The standard InChI is InChI=1S/C22H16F2N2O2S/c23-12-14-5-10-20(16(11-14)13-24)29-22-25-18-3-1-2-4-19(18)26(22)17-8-6-15(7-9-17)21(27)28/h1-11H,12-13H2,(H,27,28). The lowest BCUT2D eigenvalue weighted by Gasteiger charge is -2.11. The minimum Gasteiger partial charge on any atom is -0.478 e. The second-order valence-corrected chi connectivity index (χ2v) is 7.39. The molecule has 0 bridgehead atoms. The van der Waals surface area contributed by atoms with E-state index in [1.807, 2.05) is 28.8 Å². The van der Waals surface area contributed by atoms with Gasteiger partial charge in [0.25, 0.3) is 0 Å². The Balaban J connectivity index is 1.83. The van der Waals surface area contributed by atoms with Crippen LogP contribution in [0.25, 0.3) is 16.7 Å². The van der Waals surface area contributed by atoms with Gasteiger partial charge in [0.05, 0.1) is 16.6 Å². The molecule has 0 fully saturated rings. The van der Waals surface area contributed by atoms with Gasteiger partial charge in [0, 0.05) is 10.6 Å². The number of hydrogen-bond donors (Lipinski definition) is 1. The molecule has 4 rings (SSSR count). The third-order valence-corrected chi connectivity index (χ3v) is 5.60. The van der Waals surface area contributed by atoms with Crippen LogP contribution in [0.2, 0.25) is 0 Å². The molecule has 7 heteroatoms. The van der Waals surface area contributed by atoms with Gasteiger partial charge in [-0.25, -0.2) is 18.6 Å². The Morgan fingerprint density at radius 1 is 1.00 bits per heavy atom. The Labute approximate surface area is 169 Å². The van der Waals surface area contributed by atoms with E-state index in [9.17, 15) is 13.6 Å². The van der Waals surface area contributed by atoms with Crippen molar-refractivity contribution in [2.75, 3.05) is 0 Å². The van der Waals surface area contributed by atoms with E-state index in [0.717, 1.165) is 16.7 Å². The van der Waals surface area contributed by atoms with Crippen molar-refractivity contribution >= 4 is 28.8 Å². The predicted molar refractivity (Wildman–Crippen MR) is 108 cm³/mol. The van der Waals surface area contributed by atoms with Crippen LogP contribution >= 0.6 is 11.8 Å². The van der Waals surface area contributed by atoms with Gasteiger partial charge < -0.3 is 5.11 Å². The van der Waals surface area contributed by atoms with Gasteiger partial charge in [0.15, 0.2) is 5.16 Å². The predicted octanol–water partition coefficient (Wildman–Crippen LogP) is 5.81. The van der Waals surface area contributed by atoms with Crippen LogP contribution in [0.4, 0.5) is 8.78 Å². The molecule has 0 spiro atoms. The Kier molecular flexibility index (Phi) is 5.31. The molecule has 29 heavy (non-hydrogen) atoms. The molecule has 1 N–H and O–H groups in total. The highest BCUT2D eigenvalue weighted by Crippen LogP contribution is 2.35. The van der Waals surface area contributed by atoms with Crippen LogP contribution in [0.5, 0.6) is 0 Å². The van der Waals surface area contributed by atoms with Crippen LogP contribution in [0, 0.1) is 0 Å². The van der Waals surface area contributed by atoms with Gasteiger partial charge in [-0.2, -0.15) is 0 Å². The number of carboxylic acid groups (broad SMARTS) is 1. The largest absolute Gasteiger partial charge is 0.478 e. The summed E-state index contributed by atoms with van der Waals surface area (Å²) >= 11 is 1.29. The summed E-state index contributed by atoms with van der Waals surface area (Å²) in [6.07, 6.45) is 0. The highest BCUT2D eigenvalue weighted by molar-refractivity contribution is 7.99. The number of para-hydroxylation sites is 2. The molecule has 4 nitrogen and oxygen atoms in total. The molecule has 0 aliphatic rings. The number of hydrogen-bond acceptors (Lipinski definition) is 3. The Hall–Kier alpha value is -3.19. The molecule has 146 valence electrons. The zero-order chi connectivity index (χ0) is 20.4.